The molecule has 0 unspecified atom stereocenters. The molecule has 0 aliphatic heterocycles. The predicted molar refractivity (Wildman–Crippen MR) is 122 cm³/mol. The van der Waals surface area contributed by atoms with Gasteiger partial charge < -0.3 is 26.8 Å². The Labute approximate surface area is 188 Å². The number of rotatable bonds is 12. The Hall–Kier alpha value is -3.18. The number of likely N-dealkylation sites (N-methyl/N-ethyl adjacent to an activating group) is 1. The van der Waals surface area contributed by atoms with E-state index in [1.54, 1.807) is 26.1 Å². The van der Waals surface area contributed by atoms with E-state index >= 15 is 0 Å². The van der Waals surface area contributed by atoms with Crippen molar-refractivity contribution in [3.63, 3.8) is 0 Å². The molecule has 0 aromatic heterocycles. The van der Waals surface area contributed by atoms with Crippen molar-refractivity contribution in [3.8, 4) is 0 Å². The van der Waals surface area contributed by atoms with Crippen molar-refractivity contribution in [3.05, 3.63) is 30.3 Å². The number of carboxylic acid groups (broad SMARTS) is 1. The first-order chi connectivity index (χ1) is 15.2. The van der Waals surface area contributed by atoms with Crippen LogP contribution in [0.4, 0.5) is 5.69 Å². The SMILES string of the molecule is CN[C@@H](C)C(=O)N[C@H](C(=O)N[C@@H](CCCN)C(=O)NNc1ccccc1)C(C)C.O=CO. The molecule has 3 amide bonds. The zero-order chi connectivity index (χ0) is 24.5. The van der Waals surface area contributed by atoms with Crippen molar-refractivity contribution in [1.82, 2.24) is 21.4 Å². The van der Waals surface area contributed by atoms with Gasteiger partial charge in [0.15, 0.2) is 0 Å². The maximum Gasteiger partial charge on any atom is 0.290 e. The van der Waals surface area contributed by atoms with E-state index in [2.05, 4.69) is 26.8 Å². The first-order valence-electron chi connectivity index (χ1n) is 10.4. The first-order valence-corrected chi connectivity index (χ1v) is 10.4. The Kier molecular flexibility index (Phi) is 14.9. The van der Waals surface area contributed by atoms with Gasteiger partial charge in [-0.25, -0.2) is 0 Å². The molecule has 0 aliphatic carbocycles. The van der Waals surface area contributed by atoms with E-state index in [1.165, 1.54) is 0 Å². The summed E-state index contributed by atoms with van der Waals surface area (Å²) in [6, 6.07) is 7.19. The highest BCUT2D eigenvalue weighted by atomic mass is 16.3. The lowest BCUT2D eigenvalue weighted by molar-refractivity contribution is -0.133. The molecule has 1 aromatic rings. The summed E-state index contributed by atoms with van der Waals surface area (Å²) in [7, 11) is 1.67. The number of hydrogen-bond acceptors (Lipinski definition) is 7. The van der Waals surface area contributed by atoms with Crippen molar-refractivity contribution in [2.45, 2.75) is 51.7 Å². The number of carbonyl (C=O) groups is 4. The Balaban J connectivity index is 0.00000302. The summed E-state index contributed by atoms with van der Waals surface area (Å²) < 4.78 is 0. The van der Waals surface area contributed by atoms with E-state index in [9.17, 15) is 14.4 Å². The minimum Gasteiger partial charge on any atom is -0.483 e. The Morgan fingerprint density at radius 3 is 2.12 bits per heavy atom. The van der Waals surface area contributed by atoms with E-state index in [0.29, 0.717) is 19.4 Å². The van der Waals surface area contributed by atoms with Crippen LogP contribution in [0.1, 0.15) is 33.6 Å². The summed E-state index contributed by atoms with van der Waals surface area (Å²) in [5.74, 6) is -1.22. The molecule has 0 radical (unpaired) electrons. The maximum absolute atomic E-state index is 12.8. The molecule has 32 heavy (non-hydrogen) atoms. The molecule has 1 aromatic carbocycles. The zero-order valence-corrected chi connectivity index (χ0v) is 19.1. The average molecular weight is 453 g/mol. The van der Waals surface area contributed by atoms with E-state index in [4.69, 9.17) is 15.6 Å². The number of benzene rings is 1. The number of hydrogen-bond donors (Lipinski definition) is 7. The molecule has 0 saturated heterocycles. The summed E-state index contributed by atoms with van der Waals surface area (Å²) in [6.45, 7) is 5.52. The highest BCUT2D eigenvalue weighted by molar-refractivity contribution is 5.93. The van der Waals surface area contributed by atoms with Gasteiger partial charge in [-0.05, 0) is 51.4 Å². The predicted octanol–water partition coefficient (Wildman–Crippen LogP) is -0.197. The number of anilines is 1. The standard InChI is InChI=1S/C20H34N6O3.CH2O2/c1-13(2)17(24-18(27)14(3)22-4)20(29)23-16(11-8-12-21)19(28)26-25-15-9-6-5-7-10-15;2-1-3/h5-7,9-10,13-14,16-17,22,25H,8,11-12,21H2,1-4H3,(H,23,29)(H,24,27)(H,26,28);1H,(H,2,3)/t14-,16-,17-;/m0./s1. The topological polar surface area (TPSA) is 175 Å². The van der Waals surface area contributed by atoms with Crippen LogP contribution in [0, 0.1) is 5.92 Å². The zero-order valence-electron chi connectivity index (χ0n) is 19.1. The molecule has 0 aliphatic rings. The second-order valence-electron chi connectivity index (χ2n) is 7.32. The van der Waals surface area contributed by atoms with Crippen LogP contribution in [0.5, 0.6) is 0 Å². The van der Waals surface area contributed by atoms with Crippen molar-refractivity contribution >= 4 is 29.9 Å². The van der Waals surface area contributed by atoms with E-state index in [-0.39, 0.29) is 24.2 Å². The first kappa shape index (κ1) is 28.8. The summed E-state index contributed by atoms with van der Waals surface area (Å²) in [4.78, 5) is 46.0. The number of carbonyl (C=O) groups excluding carboxylic acids is 3. The van der Waals surface area contributed by atoms with Crippen LogP contribution < -0.4 is 32.5 Å². The molecule has 11 heteroatoms. The van der Waals surface area contributed by atoms with Crippen LogP contribution in [0.15, 0.2) is 30.3 Å². The summed E-state index contributed by atoms with van der Waals surface area (Å²) in [5, 5.41) is 15.2. The van der Waals surface area contributed by atoms with E-state index < -0.39 is 24.0 Å². The summed E-state index contributed by atoms with van der Waals surface area (Å²) in [6.07, 6.45) is 0.954. The van der Waals surface area contributed by atoms with E-state index in [0.717, 1.165) is 5.69 Å². The minimum absolute atomic E-state index is 0.149. The minimum atomic E-state index is -0.776. The van der Waals surface area contributed by atoms with Gasteiger partial charge in [0.05, 0.1) is 11.7 Å². The number of nitrogens with two attached hydrogens (primary N) is 1. The quantitative estimate of drug-likeness (QED) is 0.169. The van der Waals surface area contributed by atoms with E-state index in [1.807, 2.05) is 32.0 Å². The highest BCUT2D eigenvalue weighted by Gasteiger charge is 2.29. The lowest BCUT2D eigenvalue weighted by Crippen LogP contribution is -2.57. The largest absolute Gasteiger partial charge is 0.483 e. The molecule has 0 heterocycles. The molecule has 0 saturated carbocycles. The van der Waals surface area contributed by atoms with Crippen molar-refractivity contribution < 1.29 is 24.3 Å². The Bertz CT molecular complexity index is 701. The fourth-order valence-electron chi connectivity index (χ4n) is 2.54. The third kappa shape index (κ3) is 11.3. The molecular formula is C21H36N6O5. The monoisotopic (exact) mass is 452 g/mol. The van der Waals surface area contributed by atoms with Crippen molar-refractivity contribution in [2.75, 3.05) is 19.0 Å². The maximum atomic E-state index is 12.8. The number of nitrogens with one attached hydrogen (secondary N) is 5. The third-order valence-electron chi connectivity index (χ3n) is 4.51. The molecule has 1 rings (SSSR count). The molecule has 11 nitrogen and oxygen atoms in total. The van der Waals surface area contributed by atoms with Gasteiger partial charge in [-0.2, -0.15) is 0 Å². The fraction of sp³-hybridized carbons (Fsp3) is 0.524. The van der Waals surface area contributed by atoms with Crippen LogP contribution in [0.2, 0.25) is 0 Å². The second kappa shape index (κ2) is 16.5. The van der Waals surface area contributed by atoms with Gasteiger partial charge in [0.25, 0.3) is 12.4 Å². The molecule has 3 atom stereocenters. The molecule has 0 fully saturated rings. The number of hydrazine groups is 1. The molecule has 8 N–H and O–H groups in total. The Morgan fingerprint density at radius 1 is 1.03 bits per heavy atom. The summed E-state index contributed by atoms with van der Waals surface area (Å²) >= 11 is 0. The van der Waals surface area contributed by atoms with Gasteiger partial charge in [0.2, 0.25) is 11.8 Å². The second-order valence-corrected chi connectivity index (χ2v) is 7.32. The van der Waals surface area contributed by atoms with Crippen molar-refractivity contribution in [2.24, 2.45) is 11.7 Å². The van der Waals surface area contributed by atoms with Crippen LogP contribution in [-0.4, -0.2) is 61.0 Å². The molecule has 0 bridgehead atoms. The van der Waals surface area contributed by atoms with Crippen LogP contribution in [0.25, 0.3) is 0 Å². The van der Waals surface area contributed by atoms with Crippen molar-refractivity contribution in [1.29, 1.82) is 0 Å². The van der Waals surface area contributed by atoms with Crippen LogP contribution in [0.3, 0.4) is 0 Å². The fourth-order valence-corrected chi connectivity index (χ4v) is 2.54. The highest BCUT2D eigenvalue weighted by Crippen LogP contribution is 2.06. The van der Waals surface area contributed by atoms with Gasteiger partial charge in [0.1, 0.15) is 12.1 Å². The Morgan fingerprint density at radius 2 is 1.62 bits per heavy atom. The average Bonchev–Trinajstić information content (AvgIpc) is 2.78. The third-order valence-corrected chi connectivity index (χ3v) is 4.51. The molecular weight excluding hydrogens is 416 g/mol. The molecule has 0 spiro atoms. The molecule has 180 valence electrons. The lowest BCUT2D eigenvalue weighted by atomic mass is 10.0. The summed E-state index contributed by atoms with van der Waals surface area (Å²) in [5.41, 5.74) is 11.7. The van der Waals surface area contributed by atoms with Crippen LogP contribution in [-0.2, 0) is 19.2 Å². The van der Waals surface area contributed by atoms with Gasteiger partial charge in [-0.15, -0.1) is 0 Å². The number of para-hydroxylation sites is 1. The van der Waals surface area contributed by atoms with Gasteiger partial charge in [0, 0.05) is 0 Å². The van der Waals surface area contributed by atoms with Gasteiger partial charge in [-0.1, -0.05) is 32.0 Å². The van der Waals surface area contributed by atoms with Crippen LogP contribution >= 0.6 is 0 Å². The van der Waals surface area contributed by atoms with Gasteiger partial charge in [-0.3, -0.25) is 30.0 Å². The lowest BCUT2D eigenvalue weighted by Gasteiger charge is -2.26. The smallest absolute Gasteiger partial charge is 0.290 e. The number of amides is 3. The van der Waals surface area contributed by atoms with Gasteiger partial charge >= 0.3 is 0 Å². The normalized spacial score (nSPS) is 12.9.